The Hall–Kier alpha value is -0.260. The molecule has 0 nitrogen and oxygen atoms in total. The quantitative estimate of drug-likeness (QED) is 0.573. The summed E-state index contributed by atoms with van der Waals surface area (Å²) in [5.74, 6) is 3.40. The standard InChI is InChI=1S/C14H26/c1-6-13(10(2)3)14-9-7-8-11(4)12(14)5/h10,12-14H,4,6-9H2,1-3,5H3/t12-,13+,14-/m0/s1. The van der Waals surface area contributed by atoms with Crippen LogP contribution in [0.1, 0.15) is 53.4 Å². The highest BCUT2D eigenvalue weighted by Crippen LogP contribution is 2.41. The topological polar surface area (TPSA) is 0 Å². The van der Waals surface area contributed by atoms with Crippen molar-refractivity contribution in [3.05, 3.63) is 12.2 Å². The molecule has 3 atom stereocenters. The molecule has 14 heavy (non-hydrogen) atoms. The first-order chi connectivity index (χ1) is 6.57. The fourth-order valence-electron chi connectivity index (χ4n) is 3.20. The molecular weight excluding hydrogens is 168 g/mol. The molecule has 1 rings (SSSR count). The van der Waals surface area contributed by atoms with Gasteiger partial charge in [0.1, 0.15) is 0 Å². The highest BCUT2D eigenvalue weighted by Gasteiger charge is 2.31. The van der Waals surface area contributed by atoms with Crippen molar-refractivity contribution in [3.63, 3.8) is 0 Å². The summed E-state index contributed by atoms with van der Waals surface area (Å²) < 4.78 is 0. The average molecular weight is 194 g/mol. The van der Waals surface area contributed by atoms with E-state index in [-0.39, 0.29) is 0 Å². The molecule has 82 valence electrons. The van der Waals surface area contributed by atoms with Crippen LogP contribution in [0.15, 0.2) is 12.2 Å². The van der Waals surface area contributed by atoms with Crippen LogP contribution in [0.2, 0.25) is 0 Å². The van der Waals surface area contributed by atoms with E-state index in [2.05, 4.69) is 34.3 Å². The lowest BCUT2D eigenvalue weighted by molar-refractivity contribution is 0.166. The molecule has 0 aromatic carbocycles. The van der Waals surface area contributed by atoms with E-state index in [4.69, 9.17) is 0 Å². The zero-order chi connectivity index (χ0) is 10.7. The van der Waals surface area contributed by atoms with E-state index in [9.17, 15) is 0 Å². The van der Waals surface area contributed by atoms with Gasteiger partial charge in [0, 0.05) is 0 Å². The predicted molar refractivity (Wildman–Crippen MR) is 64.3 cm³/mol. The van der Waals surface area contributed by atoms with Gasteiger partial charge in [-0.1, -0.05) is 46.3 Å². The second kappa shape index (κ2) is 5.00. The molecular formula is C14H26. The highest BCUT2D eigenvalue weighted by atomic mass is 14.4. The van der Waals surface area contributed by atoms with Crippen LogP contribution in [0.25, 0.3) is 0 Å². The Labute approximate surface area is 89.8 Å². The molecule has 0 heterocycles. The van der Waals surface area contributed by atoms with Crippen molar-refractivity contribution in [2.45, 2.75) is 53.4 Å². The molecule has 1 fully saturated rings. The van der Waals surface area contributed by atoms with Gasteiger partial charge in [-0.05, 0) is 42.9 Å². The molecule has 0 aromatic rings. The van der Waals surface area contributed by atoms with Crippen LogP contribution in [0.4, 0.5) is 0 Å². The van der Waals surface area contributed by atoms with E-state index in [1.165, 1.54) is 31.3 Å². The van der Waals surface area contributed by atoms with E-state index in [0.717, 1.165) is 23.7 Å². The maximum absolute atomic E-state index is 4.22. The zero-order valence-electron chi connectivity index (χ0n) is 10.3. The molecule has 0 bridgehead atoms. The lowest BCUT2D eigenvalue weighted by Gasteiger charge is -2.38. The monoisotopic (exact) mass is 194 g/mol. The van der Waals surface area contributed by atoms with E-state index in [0.29, 0.717) is 0 Å². The second-order valence-electron chi connectivity index (χ2n) is 5.32. The molecule has 1 aliphatic carbocycles. The van der Waals surface area contributed by atoms with Gasteiger partial charge < -0.3 is 0 Å². The lowest BCUT2D eigenvalue weighted by Crippen LogP contribution is -2.29. The van der Waals surface area contributed by atoms with Gasteiger partial charge in [-0.25, -0.2) is 0 Å². The van der Waals surface area contributed by atoms with Crippen molar-refractivity contribution in [2.24, 2.45) is 23.7 Å². The van der Waals surface area contributed by atoms with E-state index < -0.39 is 0 Å². The minimum atomic E-state index is 0.760. The van der Waals surface area contributed by atoms with Crippen molar-refractivity contribution in [2.75, 3.05) is 0 Å². The van der Waals surface area contributed by atoms with Crippen molar-refractivity contribution in [1.82, 2.24) is 0 Å². The minimum Gasteiger partial charge on any atom is -0.0996 e. The van der Waals surface area contributed by atoms with Crippen molar-refractivity contribution in [3.8, 4) is 0 Å². The first-order valence-electron chi connectivity index (χ1n) is 6.25. The summed E-state index contributed by atoms with van der Waals surface area (Å²) in [5, 5.41) is 0. The van der Waals surface area contributed by atoms with Gasteiger partial charge in [0.15, 0.2) is 0 Å². The van der Waals surface area contributed by atoms with Gasteiger partial charge in [-0.15, -0.1) is 0 Å². The smallest absolute Gasteiger partial charge is 0.0203 e. The average Bonchev–Trinajstić information content (AvgIpc) is 2.13. The third kappa shape index (κ3) is 2.40. The maximum atomic E-state index is 4.22. The molecule has 0 amide bonds. The van der Waals surface area contributed by atoms with Gasteiger partial charge in [0.05, 0.1) is 0 Å². The molecule has 0 saturated heterocycles. The van der Waals surface area contributed by atoms with Gasteiger partial charge in [0.2, 0.25) is 0 Å². The molecule has 1 saturated carbocycles. The molecule has 0 radical (unpaired) electrons. The highest BCUT2D eigenvalue weighted by molar-refractivity contribution is 5.05. The maximum Gasteiger partial charge on any atom is -0.0203 e. The van der Waals surface area contributed by atoms with E-state index in [1.807, 2.05) is 0 Å². The molecule has 0 spiro atoms. The van der Waals surface area contributed by atoms with E-state index >= 15 is 0 Å². The van der Waals surface area contributed by atoms with Gasteiger partial charge in [-0.2, -0.15) is 0 Å². The number of allylic oxidation sites excluding steroid dienone is 1. The number of rotatable bonds is 3. The third-order valence-corrected chi connectivity index (χ3v) is 4.20. The first kappa shape index (κ1) is 11.8. The minimum absolute atomic E-state index is 0.760. The Bertz CT molecular complexity index is 190. The van der Waals surface area contributed by atoms with Crippen LogP contribution in [0, 0.1) is 23.7 Å². The van der Waals surface area contributed by atoms with Gasteiger partial charge in [-0.3, -0.25) is 0 Å². The van der Waals surface area contributed by atoms with Crippen LogP contribution in [-0.4, -0.2) is 0 Å². The Morgan fingerprint density at radius 2 is 2.07 bits per heavy atom. The van der Waals surface area contributed by atoms with Crippen molar-refractivity contribution >= 4 is 0 Å². The summed E-state index contributed by atoms with van der Waals surface area (Å²) in [6.07, 6.45) is 5.40. The summed E-state index contributed by atoms with van der Waals surface area (Å²) >= 11 is 0. The molecule has 1 aliphatic rings. The van der Waals surface area contributed by atoms with Gasteiger partial charge in [0.25, 0.3) is 0 Å². The predicted octanol–water partition coefficient (Wildman–Crippen LogP) is 4.66. The fraction of sp³-hybridized carbons (Fsp3) is 0.857. The van der Waals surface area contributed by atoms with Gasteiger partial charge >= 0.3 is 0 Å². The summed E-state index contributed by atoms with van der Waals surface area (Å²) in [7, 11) is 0. The Kier molecular flexibility index (Phi) is 4.22. The largest absolute Gasteiger partial charge is 0.0996 e. The summed E-state index contributed by atoms with van der Waals surface area (Å²) in [5.41, 5.74) is 1.50. The molecule has 0 heteroatoms. The SMILES string of the molecule is C=C1CCC[C@H]([C@H](CC)C(C)C)[C@H]1C. The van der Waals surface area contributed by atoms with Crippen LogP contribution in [-0.2, 0) is 0 Å². The Morgan fingerprint density at radius 3 is 2.57 bits per heavy atom. The summed E-state index contributed by atoms with van der Waals surface area (Å²) in [6, 6.07) is 0. The number of hydrogen-bond acceptors (Lipinski definition) is 0. The van der Waals surface area contributed by atoms with Crippen LogP contribution < -0.4 is 0 Å². The molecule has 0 N–H and O–H groups in total. The Morgan fingerprint density at radius 1 is 1.43 bits per heavy atom. The Balaban J connectivity index is 2.68. The normalized spacial score (nSPS) is 30.8. The van der Waals surface area contributed by atoms with Crippen molar-refractivity contribution < 1.29 is 0 Å². The summed E-state index contributed by atoms with van der Waals surface area (Å²) in [6.45, 7) is 13.7. The van der Waals surface area contributed by atoms with E-state index in [1.54, 1.807) is 0 Å². The first-order valence-corrected chi connectivity index (χ1v) is 6.25. The lowest BCUT2D eigenvalue weighted by atomic mass is 9.67. The van der Waals surface area contributed by atoms with Crippen molar-refractivity contribution in [1.29, 1.82) is 0 Å². The third-order valence-electron chi connectivity index (χ3n) is 4.20. The zero-order valence-corrected chi connectivity index (χ0v) is 10.3. The fourth-order valence-corrected chi connectivity index (χ4v) is 3.20. The molecule has 0 aromatic heterocycles. The molecule has 0 unspecified atom stereocenters. The van der Waals surface area contributed by atoms with Crippen LogP contribution in [0.5, 0.6) is 0 Å². The van der Waals surface area contributed by atoms with Crippen LogP contribution in [0.3, 0.4) is 0 Å². The van der Waals surface area contributed by atoms with Crippen LogP contribution >= 0.6 is 0 Å². The molecule has 0 aliphatic heterocycles. The summed E-state index contributed by atoms with van der Waals surface area (Å²) in [4.78, 5) is 0. The number of hydrogen-bond donors (Lipinski definition) is 0. The second-order valence-corrected chi connectivity index (χ2v) is 5.32.